The summed E-state index contributed by atoms with van der Waals surface area (Å²) in [4.78, 5) is 26.9. The highest BCUT2D eigenvalue weighted by molar-refractivity contribution is 7.17. The molecule has 188 valence electrons. The number of para-hydroxylation sites is 1. The van der Waals surface area contributed by atoms with E-state index in [1.807, 2.05) is 72.8 Å². The molecule has 37 heavy (non-hydrogen) atoms. The number of ketones is 1. The number of hydrogen-bond donors (Lipinski definition) is 1. The van der Waals surface area contributed by atoms with Gasteiger partial charge in [-0.3, -0.25) is 4.79 Å². The third kappa shape index (κ3) is 4.91. The molecule has 3 aromatic carbocycles. The van der Waals surface area contributed by atoms with E-state index in [9.17, 15) is 9.59 Å². The van der Waals surface area contributed by atoms with Crippen molar-refractivity contribution in [2.75, 3.05) is 31.5 Å². The van der Waals surface area contributed by atoms with Crippen LogP contribution in [0.15, 0.2) is 90.3 Å². The quantitative estimate of drug-likeness (QED) is 0.177. The number of thiophene rings is 1. The minimum atomic E-state index is -0.603. The first-order valence-electron chi connectivity index (χ1n) is 13.0. The summed E-state index contributed by atoms with van der Waals surface area (Å²) >= 11 is 1.64. The molecule has 0 radical (unpaired) electrons. The van der Waals surface area contributed by atoms with Gasteiger partial charge < -0.3 is 14.5 Å². The lowest BCUT2D eigenvalue weighted by atomic mass is 9.82. The molecule has 2 atom stereocenters. The molecule has 2 bridgehead atoms. The van der Waals surface area contributed by atoms with Gasteiger partial charge in [0.15, 0.2) is 12.1 Å². The Bertz CT molecular complexity index is 1390. The fourth-order valence-electron chi connectivity index (χ4n) is 6.00. The molecule has 0 aliphatic carbocycles. The second-order valence-electron chi connectivity index (χ2n) is 10.4. The van der Waals surface area contributed by atoms with Gasteiger partial charge in [-0.25, -0.2) is 4.79 Å². The number of benzene rings is 3. The number of nitrogens with zero attached hydrogens (tertiary/aromatic N) is 1. The topological polar surface area (TPSA) is 55.4 Å². The van der Waals surface area contributed by atoms with Crippen molar-refractivity contribution in [1.82, 2.24) is 0 Å². The van der Waals surface area contributed by atoms with Gasteiger partial charge in [-0.2, -0.15) is 0 Å². The summed E-state index contributed by atoms with van der Waals surface area (Å²) in [6, 6.07) is 26.9. The SMILES string of the molecule is O=C(C[N+]12CCC(CC1)[C@@H](OC(=O)C(Nc1ccccc1)c1csc3ccccc13)C2)c1ccccc1. The second kappa shape index (κ2) is 10.1. The van der Waals surface area contributed by atoms with Crippen LogP contribution in [0.3, 0.4) is 0 Å². The zero-order chi connectivity index (χ0) is 25.2. The Morgan fingerprint density at radius 2 is 1.59 bits per heavy atom. The monoisotopic (exact) mass is 511 g/mol. The maximum Gasteiger partial charge on any atom is 0.333 e. The number of rotatable bonds is 8. The van der Waals surface area contributed by atoms with Crippen molar-refractivity contribution in [3.05, 3.63) is 101 Å². The molecule has 3 aliphatic rings. The summed E-state index contributed by atoms with van der Waals surface area (Å²) in [5.74, 6) is 0.269. The van der Waals surface area contributed by atoms with Gasteiger partial charge >= 0.3 is 5.97 Å². The first-order chi connectivity index (χ1) is 18.1. The van der Waals surface area contributed by atoms with Crippen LogP contribution in [0.2, 0.25) is 0 Å². The van der Waals surface area contributed by atoms with E-state index in [0.29, 0.717) is 23.5 Å². The normalized spacial score (nSPS) is 23.5. The average Bonchev–Trinajstić information content (AvgIpc) is 3.37. The Hall–Kier alpha value is -3.48. The van der Waals surface area contributed by atoms with Gasteiger partial charge in [0.2, 0.25) is 5.78 Å². The van der Waals surface area contributed by atoms with Crippen molar-refractivity contribution < 1.29 is 18.8 Å². The van der Waals surface area contributed by atoms with Gasteiger partial charge in [-0.05, 0) is 29.0 Å². The largest absolute Gasteiger partial charge is 0.454 e. The summed E-state index contributed by atoms with van der Waals surface area (Å²) < 4.78 is 8.18. The minimum Gasteiger partial charge on any atom is -0.454 e. The van der Waals surface area contributed by atoms with Crippen LogP contribution in [0.1, 0.15) is 34.8 Å². The number of Topliss-reactive ketones (excluding diaryl/α,β-unsaturated/α-hetero) is 1. The molecular weight excluding hydrogens is 480 g/mol. The van der Waals surface area contributed by atoms with Gasteiger partial charge in [0, 0.05) is 40.3 Å². The summed E-state index contributed by atoms with van der Waals surface area (Å²) in [6.07, 6.45) is 1.79. The predicted molar refractivity (Wildman–Crippen MR) is 148 cm³/mol. The van der Waals surface area contributed by atoms with Crippen LogP contribution in [0.4, 0.5) is 5.69 Å². The highest BCUT2D eigenvalue weighted by Gasteiger charge is 2.49. The molecule has 4 aromatic rings. The van der Waals surface area contributed by atoms with E-state index >= 15 is 0 Å². The van der Waals surface area contributed by atoms with Crippen molar-refractivity contribution in [3.8, 4) is 0 Å². The number of fused-ring (bicyclic) bond motifs is 4. The first kappa shape index (κ1) is 23.9. The van der Waals surface area contributed by atoms with Gasteiger partial charge in [0.25, 0.3) is 0 Å². The van der Waals surface area contributed by atoms with E-state index in [1.165, 1.54) is 0 Å². The number of carbonyl (C=O) groups is 2. The molecule has 0 spiro atoms. The maximum absolute atomic E-state index is 13.8. The van der Waals surface area contributed by atoms with E-state index in [0.717, 1.165) is 52.8 Å². The van der Waals surface area contributed by atoms with Crippen LogP contribution in [0.5, 0.6) is 0 Å². The number of piperidine rings is 3. The van der Waals surface area contributed by atoms with Gasteiger partial charge in [0.1, 0.15) is 13.1 Å². The molecule has 4 heterocycles. The predicted octanol–water partition coefficient (Wildman–Crippen LogP) is 6.09. The molecule has 1 aromatic heterocycles. The Morgan fingerprint density at radius 1 is 0.919 bits per heavy atom. The smallest absolute Gasteiger partial charge is 0.333 e. The van der Waals surface area contributed by atoms with Crippen LogP contribution in [-0.4, -0.2) is 48.5 Å². The summed E-state index contributed by atoms with van der Waals surface area (Å²) in [5, 5.41) is 6.58. The molecule has 1 unspecified atom stereocenters. The number of quaternary nitrogens is 1. The first-order valence-corrected chi connectivity index (χ1v) is 13.9. The molecular formula is C31H31N2O3S+. The highest BCUT2D eigenvalue weighted by atomic mass is 32.1. The van der Waals surface area contributed by atoms with E-state index in [1.54, 1.807) is 11.3 Å². The van der Waals surface area contributed by atoms with Gasteiger partial charge in [-0.15, -0.1) is 11.3 Å². The standard InChI is InChI=1S/C31H31N2O3S/c34-27(22-9-3-1-4-10-22)19-33-17-15-23(16-18-33)28(20-33)36-31(35)30(32-24-11-5-2-6-12-24)26-21-37-29-14-8-7-13-25(26)29/h1-14,21,23,28,30,32H,15-20H2/q+1/t23?,28-,30?,33?/m0/s1. The minimum absolute atomic E-state index is 0.166. The number of esters is 1. The lowest BCUT2D eigenvalue weighted by molar-refractivity contribution is -0.938. The maximum atomic E-state index is 13.8. The number of hydrogen-bond acceptors (Lipinski definition) is 5. The molecule has 3 aliphatic heterocycles. The van der Waals surface area contributed by atoms with Crippen molar-refractivity contribution >= 4 is 38.9 Å². The van der Waals surface area contributed by atoms with Crippen LogP contribution in [0, 0.1) is 5.92 Å². The third-order valence-corrected chi connectivity index (χ3v) is 9.01. The van der Waals surface area contributed by atoms with Crippen molar-refractivity contribution in [2.45, 2.75) is 25.0 Å². The zero-order valence-electron chi connectivity index (χ0n) is 20.7. The number of anilines is 1. The third-order valence-electron chi connectivity index (χ3n) is 8.03. The molecule has 0 saturated carbocycles. The molecule has 3 saturated heterocycles. The number of carbonyl (C=O) groups excluding carboxylic acids is 2. The second-order valence-corrected chi connectivity index (χ2v) is 11.3. The van der Waals surface area contributed by atoms with Crippen molar-refractivity contribution in [2.24, 2.45) is 5.92 Å². The van der Waals surface area contributed by atoms with Crippen LogP contribution >= 0.6 is 11.3 Å². The summed E-state index contributed by atoms with van der Waals surface area (Å²) in [7, 11) is 0. The summed E-state index contributed by atoms with van der Waals surface area (Å²) in [6.45, 7) is 3.11. The van der Waals surface area contributed by atoms with Crippen molar-refractivity contribution in [1.29, 1.82) is 0 Å². The van der Waals surface area contributed by atoms with Crippen molar-refractivity contribution in [3.63, 3.8) is 0 Å². The van der Waals surface area contributed by atoms with E-state index in [4.69, 9.17) is 4.74 Å². The number of ether oxygens (including phenoxy) is 1. The summed E-state index contributed by atoms with van der Waals surface area (Å²) in [5.41, 5.74) is 2.58. The molecule has 1 N–H and O–H groups in total. The molecule has 5 nitrogen and oxygen atoms in total. The van der Waals surface area contributed by atoms with Crippen LogP contribution < -0.4 is 5.32 Å². The Kier molecular flexibility index (Phi) is 6.53. The zero-order valence-corrected chi connectivity index (χ0v) is 21.5. The van der Waals surface area contributed by atoms with Gasteiger partial charge in [-0.1, -0.05) is 66.7 Å². The molecule has 7 rings (SSSR count). The molecule has 3 fully saturated rings. The average molecular weight is 512 g/mol. The molecule has 0 amide bonds. The van der Waals surface area contributed by atoms with Gasteiger partial charge in [0.05, 0.1) is 13.1 Å². The van der Waals surface area contributed by atoms with Crippen LogP contribution in [0.25, 0.3) is 10.1 Å². The Balaban J connectivity index is 1.23. The Morgan fingerprint density at radius 3 is 2.35 bits per heavy atom. The molecule has 6 heteroatoms. The fraction of sp³-hybridized carbons (Fsp3) is 0.290. The van der Waals surface area contributed by atoms with E-state index in [2.05, 4.69) is 22.8 Å². The number of nitrogens with one attached hydrogen (secondary N) is 1. The van der Waals surface area contributed by atoms with Crippen LogP contribution in [-0.2, 0) is 9.53 Å². The Labute approximate surface area is 221 Å². The fourth-order valence-corrected chi connectivity index (χ4v) is 6.99. The lowest BCUT2D eigenvalue weighted by Gasteiger charge is -2.51. The van der Waals surface area contributed by atoms with E-state index < -0.39 is 6.04 Å². The van der Waals surface area contributed by atoms with E-state index in [-0.39, 0.29) is 17.9 Å². The lowest BCUT2D eigenvalue weighted by Crippen LogP contribution is -2.65. The highest BCUT2D eigenvalue weighted by Crippen LogP contribution is 2.38.